The Bertz CT molecular complexity index is 355. The monoisotopic (exact) mass is 235 g/mol. The van der Waals surface area contributed by atoms with Gasteiger partial charge in [0.1, 0.15) is 6.04 Å². The molecule has 3 heteroatoms. The lowest BCUT2D eigenvalue weighted by Gasteiger charge is -2.08. The molecule has 1 rings (SSSR count). The normalized spacial score (nSPS) is 12.5. The Morgan fingerprint density at radius 3 is 2.29 bits per heavy atom. The van der Waals surface area contributed by atoms with Gasteiger partial charge in [0.05, 0.1) is 6.61 Å². The lowest BCUT2D eigenvalue weighted by atomic mass is 10.0. The Morgan fingerprint density at radius 1 is 1.24 bits per heavy atom. The van der Waals surface area contributed by atoms with Gasteiger partial charge in [0.15, 0.2) is 0 Å². The summed E-state index contributed by atoms with van der Waals surface area (Å²) < 4.78 is 5.02. The first-order valence-corrected chi connectivity index (χ1v) is 6.01. The maximum Gasteiger partial charge on any atom is 0.322 e. The van der Waals surface area contributed by atoms with E-state index in [0.717, 1.165) is 6.42 Å². The fourth-order valence-electron chi connectivity index (χ4n) is 1.47. The zero-order valence-corrected chi connectivity index (χ0v) is 10.8. The Labute approximate surface area is 103 Å². The molecule has 0 saturated carbocycles. The lowest BCUT2D eigenvalue weighted by molar-refractivity contribution is -0.144. The fourth-order valence-corrected chi connectivity index (χ4v) is 1.47. The van der Waals surface area contributed by atoms with Crippen LogP contribution in [0.15, 0.2) is 24.3 Å². The molecule has 17 heavy (non-hydrogen) atoms. The van der Waals surface area contributed by atoms with Crippen molar-refractivity contribution < 1.29 is 9.53 Å². The standard InChI is InChI=1S/C14H21NO2/c1-10(2)13-6-4-12(5-7-13)8-9-17-14(16)11(3)15/h4-7,10-11H,8-9,15H2,1-3H3. The molecule has 0 heterocycles. The van der Waals surface area contributed by atoms with Gasteiger partial charge >= 0.3 is 5.97 Å². The summed E-state index contributed by atoms with van der Waals surface area (Å²) in [6.07, 6.45) is 0.733. The zero-order chi connectivity index (χ0) is 12.8. The summed E-state index contributed by atoms with van der Waals surface area (Å²) in [5.41, 5.74) is 7.89. The van der Waals surface area contributed by atoms with Gasteiger partial charge in [0.2, 0.25) is 0 Å². The van der Waals surface area contributed by atoms with E-state index in [4.69, 9.17) is 10.5 Å². The number of hydrogen-bond acceptors (Lipinski definition) is 3. The van der Waals surface area contributed by atoms with Crippen molar-refractivity contribution >= 4 is 5.97 Å². The third-order valence-electron chi connectivity index (χ3n) is 2.65. The molecule has 0 fully saturated rings. The smallest absolute Gasteiger partial charge is 0.322 e. The number of rotatable bonds is 5. The van der Waals surface area contributed by atoms with E-state index in [2.05, 4.69) is 38.1 Å². The van der Waals surface area contributed by atoms with Crippen molar-refractivity contribution in [2.75, 3.05) is 6.61 Å². The first-order chi connectivity index (χ1) is 8.00. The third-order valence-corrected chi connectivity index (χ3v) is 2.65. The van der Waals surface area contributed by atoms with E-state index in [0.29, 0.717) is 12.5 Å². The minimum Gasteiger partial charge on any atom is -0.464 e. The van der Waals surface area contributed by atoms with Gasteiger partial charge in [-0.05, 0) is 24.0 Å². The van der Waals surface area contributed by atoms with Gasteiger partial charge in [-0.25, -0.2) is 0 Å². The largest absolute Gasteiger partial charge is 0.464 e. The highest BCUT2D eigenvalue weighted by molar-refractivity contribution is 5.74. The quantitative estimate of drug-likeness (QED) is 0.796. The molecule has 0 amide bonds. The summed E-state index contributed by atoms with van der Waals surface area (Å²) in [6, 6.07) is 7.85. The maximum atomic E-state index is 11.1. The first kappa shape index (κ1) is 13.7. The van der Waals surface area contributed by atoms with Crippen LogP contribution in [0.5, 0.6) is 0 Å². The molecule has 0 aliphatic heterocycles. The van der Waals surface area contributed by atoms with Crippen molar-refractivity contribution in [3.8, 4) is 0 Å². The number of esters is 1. The minimum absolute atomic E-state index is 0.344. The van der Waals surface area contributed by atoms with Crippen LogP contribution in [0.1, 0.15) is 37.8 Å². The average molecular weight is 235 g/mol. The Kier molecular flexibility index (Phi) is 5.16. The van der Waals surface area contributed by atoms with E-state index in [1.165, 1.54) is 11.1 Å². The summed E-state index contributed by atoms with van der Waals surface area (Å²) in [5.74, 6) is 0.198. The molecular weight excluding hydrogens is 214 g/mol. The summed E-state index contributed by atoms with van der Waals surface area (Å²) >= 11 is 0. The van der Waals surface area contributed by atoms with Crippen molar-refractivity contribution in [3.63, 3.8) is 0 Å². The zero-order valence-electron chi connectivity index (χ0n) is 10.8. The lowest BCUT2D eigenvalue weighted by Crippen LogP contribution is -2.29. The van der Waals surface area contributed by atoms with Crippen molar-refractivity contribution in [2.24, 2.45) is 5.73 Å². The highest BCUT2D eigenvalue weighted by Crippen LogP contribution is 2.14. The molecular formula is C14H21NO2. The van der Waals surface area contributed by atoms with E-state index in [1.807, 2.05) is 0 Å². The van der Waals surface area contributed by atoms with Crippen molar-refractivity contribution in [2.45, 2.75) is 39.2 Å². The molecule has 1 aromatic rings. The van der Waals surface area contributed by atoms with Gasteiger partial charge in [-0.2, -0.15) is 0 Å². The van der Waals surface area contributed by atoms with E-state index < -0.39 is 6.04 Å². The van der Waals surface area contributed by atoms with Gasteiger partial charge in [0, 0.05) is 6.42 Å². The molecule has 0 radical (unpaired) electrons. The highest BCUT2D eigenvalue weighted by atomic mass is 16.5. The third kappa shape index (κ3) is 4.57. The van der Waals surface area contributed by atoms with Crippen LogP contribution in [-0.4, -0.2) is 18.6 Å². The molecule has 0 saturated heterocycles. The van der Waals surface area contributed by atoms with E-state index >= 15 is 0 Å². The predicted molar refractivity (Wildman–Crippen MR) is 68.8 cm³/mol. The molecule has 0 bridgehead atoms. The molecule has 0 aliphatic carbocycles. The number of nitrogens with two attached hydrogens (primary N) is 1. The number of carbonyl (C=O) groups excluding carboxylic acids is 1. The van der Waals surface area contributed by atoms with Crippen molar-refractivity contribution in [1.29, 1.82) is 0 Å². The molecule has 3 nitrogen and oxygen atoms in total. The minimum atomic E-state index is -0.543. The van der Waals surface area contributed by atoms with Crippen LogP contribution >= 0.6 is 0 Å². The van der Waals surface area contributed by atoms with Crippen LogP contribution in [0.4, 0.5) is 0 Å². The molecule has 1 aromatic carbocycles. The van der Waals surface area contributed by atoms with E-state index in [9.17, 15) is 4.79 Å². The molecule has 0 aromatic heterocycles. The molecule has 94 valence electrons. The van der Waals surface area contributed by atoms with Crippen LogP contribution in [0.2, 0.25) is 0 Å². The van der Waals surface area contributed by atoms with Crippen LogP contribution < -0.4 is 5.73 Å². The summed E-state index contributed by atoms with van der Waals surface area (Å²) in [4.78, 5) is 11.1. The SMILES string of the molecule is CC(N)C(=O)OCCc1ccc(C(C)C)cc1. The van der Waals surface area contributed by atoms with Crippen LogP contribution in [0, 0.1) is 0 Å². The Hall–Kier alpha value is -1.35. The van der Waals surface area contributed by atoms with Gasteiger partial charge in [-0.1, -0.05) is 38.1 Å². The fraction of sp³-hybridized carbons (Fsp3) is 0.500. The predicted octanol–water partition coefficient (Wildman–Crippen LogP) is 2.24. The number of ether oxygens (including phenoxy) is 1. The number of hydrogen-bond donors (Lipinski definition) is 1. The average Bonchev–Trinajstić information content (AvgIpc) is 2.29. The van der Waals surface area contributed by atoms with E-state index in [1.54, 1.807) is 6.92 Å². The Morgan fingerprint density at radius 2 is 1.82 bits per heavy atom. The van der Waals surface area contributed by atoms with Gasteiger partial charge in [-0.15, -0.1) is 0 Å². The molecule has 0 aliphatic rings. The molecule has 1 unspecified atom stereocenters. The Balaban J connectivity index is 2.40. The first-order valence-electron chi connectivity index (χ1n) is 6.01. The van der Waals surface area contributed by atoms with Gasteiger partial charge < -0.3 is 10.5 Å². The van der Waals surface area contributed by atoms with Gasteiger partial charge in [0.25, 0.3) is 0 Å². The number of benzene rings is 1. The molecule has 1 atom stereocenters. The highest BCUT2D eigenvalue weighted by Gasteiger charge is 2.08. The molecule has 2 N–H and O–H groups in total. The second kappa shape index (κ2) is 6.40. The maximum absolute atomic E-state index is 11.1. The summed E-state index contributed by atoms with van der Waals surface area (Å²) in [7, 11) is 0. The van der Waals surface area contributed by atoms with Crippen LogP contribution in [0.3, 0.4) is 0 Å². The van der Waals surface area contributed by atoms with Crippen molar-refractivity contribution in [3.05, 3.63) is 35.4 Å². The van der Waals surface area contributed by atoms with Gasteiger partial charge in [-0.3, -0.25) is 4.79 Å². The van der Waals surface area contributed by atoms with Crippen molar-refractivity contribution in [1.82, 2.24) is 0 Å². The topological polar surface area (TPSA) is 52.3 Å². The van der Waals surface area contributed by atoms with E-state index in [-0.39, 0.29) is 5.97 Å². The summed E-state index contributed by atoms with van der Waals surface area (Å²) in [6.45, 7) is 6.35. The summed E-state index contributed by atoms with van der Waals surface area (Å²) in [5, 5.41) is 0. The second-order valence-corrected chi connectivity index (χ2v) is 4.60. The number of carbonyl (C=O) groups is 1. The molecule has 0 spiro atoms. The van der Waals surface area contributed by atoms with Crippen LogP contribution in [-0.2, 0) is 16.0 Å². The van der Waals surface area contributed by atoms with Crippen LogP contribution in [0.25, 0.3) is 0 Å². The second-order valence-electron chi connectivity index (χ2n) is 4.60.